The van der Waals surface area contributed by atoms with Crippen molar-refractivity contribution in [1.82, 2.24) is 15.3 Å². The molecule has 0 radical (unpaired) electrons. The largest absolute Gasteiger partial charge is 0.368 e. The van der Waals surface area contributed by atoms with Gasteiger partial charge >= 0.3 is 0 Å². The lowest BCUT2D eigenvalue weighted by atomic mass is 10.4. The highest BCUT2D eigenvalue weighted by Gasteiger charge is 2.15. The topological polar surface area (TPSA) is 69.8 Å². The predicted molar refractivity (Wildman–Crippen MR) is 91.3 cm³/mol. The van der Waals surface area contributed by atoms with Gasteiger partial charge in [0.15, 0.2) is 0 Å². The first-order valence-corrected chi connectivity index (χ1v) is 8.12. The Morgan fingerprint density at radius 3 is 2.91 bits per heavy atom. The molecule has 1 amide bonds. The summed E-state index contributed by atoms with van der Waals surface area (Å²) in [4.78, 5) is 19.2. The van der Waals surface area contributed by atoms with Crippen LogP contribution in [0.5, 0.6) is 0 Å². The van der Waals surface area contributed by atoms with E-state index < -0.39 is 0 Å². The highest BCUT2D eigenvalue weighted by molar-refractivity contribution is 7.23. The zero-order valence-corrected chi connectivity index (χ0v) is 13.6. The van der Waals surface area contributed by atoms with Crippen LogP contribution in [0.4, 0.5) is 5.82 Å². The lowest BCUT2D eigenvalue weighted by molar-refractivity contribution is 0.0951. The molecule has 0 fully saturated rings. The number of H-pyrrole nitrogens is 1. The number of thiophene rings is 1. The smallest absolute Gasteiger partial charge is 0.267 e. The Bertz CT molecular complexity index is 800. The molecule has 0 aliphatic carbocycles. The lowest BCUT2D eigenvalue weighted by Gasteiger charge is -2.06. The normalized spacial score (nSPS) is 10.8. The van der Waals surface area contributed by atoms with Crippen molar-refractivity contribution in [1.29, 1.82) is 0 Å². The quantitative estimate of drug-likeness (QED) is 0.610. The summed E-state index contributed by atoms with van der Waals surface area (Å²) in [6, 6.07) is 7.36. The number of pyridine rings is 1. The third kappa shape index (κ3) is 3.19. The zero-order chi connectivity index (χ0) is 15.5. The van der Waals surface area contributed by atoms with Crippen molar-refractivity contribution in [3.05, 3.63) is 45.5 Å². The number of nitrogens with one attached hydrogen (secondary N) is 3. The highest BCUT2D eigenvalue weighted by Crippen LogP contribution is 2.38. The van der Waals surface area contributed by atoms with Gasteiger partial charge in [-0.1, -0.05) is 29.3 Å². The van der Waals surface area contributed by atoms with E-state index >= 15 is 0 Å². The van der Waals surface area contributed by atoms with Gasteiger partial charge in [0.25, 0.3) is 5.91 Å². The monoisotopic (exact) mass is 354 g/mol. The van der Waals surface area contributed by atoms with Crippen molar-refractivity contribution in [3.8, 4) is 0 Å². The number of hydrogen-bond acceptors (Lipinski definition) is 4. The maximum atomic E-state index is 12.1. The van der Waals surface area contributed by atoms with Crippen LogP contribution in [-0.2, 0) is 0 Å². The first-order chi connectivity index (χ1) is 10.6. The molecule has 114 valence electrons. The molecule has 0 aromatic carbocycles. The zero-order valence-electron chi connectivity index (χ0n) is 11.3. The molecule has 0 atom stereocenters. The Morgan fingerprint density at radius 1 is 1.32 bits per heavy atom. The number of carbonyl (C=O) groups excluding carboxylic acids is 1. The summed E-state index contributed by atoms with van der Waals surface area (Å²) in [5.74, 6) is 0.594. The first-order valence-electron chi connectivity index (χ1n) is 6.55. The number of aromatic nitrogens is 2. The van der Waals surface area contributed by atoms with Crippen LogP contribution in [-0.4, -0.2) is 29.0 Å². The molecule has 8 heteroatoms. The van der Waals surface area contributed by atoms with Gasteiger partial charge in [-0.2, -0.15) is 0 Å². The molecule has 0 bridgehead atoms. The van der Waals surface area contributed by atoms with Gasteiger partial charge in [0.2, 0.25) is 0 Å². The van der Waals surface area contributed by atoms with Crippen LogP contribution in [0, 0.1) is 0 Å². The van der Waals surface area contributed by atoms with E-state index in [9.17, 15) is 4.79 Å². The molecular weight excluding hydrogens is 343 g/mol. The van der Waals surface area contributed by atoms with Crippen LogP contribution in [0.2, 0.25) is 9.36 Å². The molecule has 5 nitrogen and oxygen atoms in total. The number of fused-ring (bicyclic) bond motifs is 1. The van der Waals surface area contributed by atoms with E-state index in [-0.39, 0.29) is 5.91 Å². The molecule has 3 N–H and O–H groups in total. The Hall–Kier alpha value is -1.76. The Kier molecular flexibility index (Phi) is 4.52. The molecule has 3 heterocycles. The Balaban J connectivity index is 1.55. The third-order valence-corrected chi connectivity index (χ3v) is 4.93. The fraction of sp³-hybridized carbons (Fsp3) is 0.143. The molecule has 0 unspecified atom stereocenters. The van der Waals surface area contributed by atoms with Crippen molar-refractivity contribution < 1.29 is 4.79 Å². The summed E-state index contributed by atoms with van der Waals surface area (Å²) in [5, 5.41) is 6.40. The second kappa shape index (κ2) is 6.56. The van der Waals surface area contributed by atoms with Crippen molar-refractivity contribution in [2.75, 3.05) is 18.4 Å². The Labute approximate surface area is 140 Å². The summed E-state index contributed by atoms with van der Waals surface area (Å²) < 4.78 is 1.39. The SMILES string of the molecule is O=C(NCCNc1ccccn1)c1cc2sc(Cl)c(Cl)c2[nH]1. The molecule has 22 heavy (non-hydrogen) atoms. The number of halogens is 2. The number of rotatable bonds is 5. The van der Waals surface area contributed by atoms with E-state index in [1.807, 2.05) is 18.2 Å². The van der Waals surface area contributed by atoms with Gasteiger partial charge in [0.05, 0.1) is 15.2 Å². The summed E-state index contributed by atoms with van der Waals surface area (Å²) in [7, 11) is 0. The number of aromatic amines is 1. The first kappa shape index (κ1) is 15.1. The molecule has 3 aromatic heterocycles. The standard InChI is InChI=1S/C14H12Cl2N4OS/c15-11-12-9(22-13(11)16)7-8(20-12)14(21)19-6-5-18-10-3-1-2-4-17-10/h1-4,7,20H,5-6H2,(H,17,18)(H,19,21). The van der Waals surface area contributed by atoms with Gasteiger partial charge in [-0.05, 0) is 18.2 Å². The number of nitrogens with zero attached hydrogens (tertiary/aromatic N) is 1. The van der Waals surface area contributed by atoms with Crippen LogP contribution < -0.4 is 10.6 Å². The molecule has 0 aliphatic heterocycles. The molecule has 0 saturated carbocycles. The van der Waals surface area contributed by atoms with Gasteiger partial charge in [-0.25, -0.2) is 4.98 Å². The van der Waals surface area contributed by atoms with Crippen LogP contribution in [0.3, 0.4) is 0 Å². The van der Waals surface area contributed by atoms with Crippen molar-refractivity contribution >= 4 is 56.5 Å². The maximum absolute atomic E-state index is 12.1. The van der Waals surface area contributed by atoms with E-state index in [4.69, 9.17) is 23.2 Å². The number of carbonyl (C=O) groups is 1. The predicted octanol–water partition coefficient (Wildman–Crippen LogP) is 3.77. The molecule has 0 saturated heterocycles. The molecule has 0 aliphatic rings. The van der Waals surface area contributed by atoms with Crippen LogP contribution in [0.1, 0.15) is 10.5 Å². The minimum atomic E-state index is -0.182. The van der Waals surface area contributed by atoms with Crippen molar-refractivity contribution in [3.63, 3.8) is 0 Å². The minimum Gasteiger partial charge on any atom is -0.368 e. The molecular formula is C14H12Cl2N4OS. The summed E-state index contributed by atoms with van der Waals surface area (Å²) in [5.41, 5.74) is 1.17. The second-order valence-corrected chi connectivity index (χ2v) is 6.54. The highest BCUT2D eigenvalue weighted by atomic mass is 35.5. The van der Waals surface area contributed by atoms with E-state index in [2.05, 4.69) is 20.6 Å². The molecule has 0 spiro atoms. The second-order valence-electron chi connectivity index (χ2n) is 4.51. The van der Waals surface area contributed by atoms with E-state index in [1.165, 1.54) is 11.3 Å². The van der Waals surface area contributed by atoms with Gasteiger partial charge in [0, 0.05) is 19.3 Å². The molecule has 3 rings (SSSR count). The number of amides is 1. The van der Waals surface area contributed by atoms with E-state index in [0.717, 1.165) is 10.5 Å². The fourth-order valence-corrected chi connectivity index (χ4v) is 3.45. The van der Waals surface area contributed by atoms with Gasteiger partial charge in [0.1, 0.15) is 15.8 Å². The van der Waals surface area contributed by atoms with Crippen molar-refractivity contribution in [2.45, 2.75) is 0 Å². The number of anilines is 1. The summed E-state index contributed by atoms with van der Waals surface area (Å²) in [6.45, 7) is 1.07. The van der Waals surface area contributed by atoms with Crippen LogP contribution >= 0.6 is 34.5 Å². The minimum absolute atomic E-state index is 0.182. The average molecular weight is 355 g/mol. The Morgan fingerprint density at radius 2 is 2.18 bits per heavy atom. The fourth-order valence-electron chi connectivity index (χ4n) is 1.97. The summed E-state index contributed by atoms with van der Waals surface area (Å²) in [6.07, 6.45) is 1.71. The third-order valence-electron chi connectivity index (χ3n) is 3.00. The van der Waals surface area contributed by atoms with E-state index in [0.29, 0.717) is 33.7 Å². The van der Waals surface area contributed by atoms with Crippen LogP contribution in [0.25, 0.3) is 10.2 Å². The average Bonchev–Trinajstić information content (AvgIpc) is 3.05. The maximum Gasteiger partial charge on any atom is 0.267 e. The number of hydrogen-bond donors (Lipinski definition) is 3. The van der Waals surface area contributed by atoms with Crippen molar-refractivity contribution in [2.24, 2.45) is 0 Å². The summed E-state index contributed by atoms with van der Waals surface area (Å²) >= 11 is 13.3. The van der Waals surface area contributed by atoms with Gasteiger partial charge in [-0.15, -0.1) is 11.3 Å². The van der Waals surface area contributed by atoms with Crippen LogP contribution in [0.15, 0.2) is 30.5 Å². The lowest BCUT2D eigenvalue weighted by Crippen LogP contribution is -2.29. The van der Waals surface area contributed by atoms with Gasteiger partial charge < -0.3 is 15.6 Å². The van der Waals surface area contributed by atoms with Gasteiger partial charge in [-0.3, -0.25) is 4.79 Å². The molecule has 3 aromatic rings. The van der Waals surface area contributed by atoms with E-state index in [1.54, 1.807) is 12.3 Å².